The van der Waals surface area contributed by atoms with Crippen LogP contribution in [0.15, 0.2) is 65.6 Å². The summed E-state index contributed by atoms with van der Waals surface area (Å²) in [6, 6.07) is 21.2. The first-order valence-corrected chi connectivity index (χ1v) is 10.0. The zero-order valence-electron chi connectivity index (χ0n) is 14.3. The van der Waals surface area contributed by atoms with E-state index >= 15 is 0 Å². The van der Waals surface area contributed by atoms with Gasteiger partial charge in [0.25, 0.3) is 0 Å². The molecule has 1 amide bonds. The van der Waals surface area contributed by atoms with Gasteiger partial charge in [0.05, 0.1) is 0 Å². The van der Waals surface area contributed by atoms with Crippen molar-refractivity contribution < 1.29 is 4.79 Å². The van der Waals surface area contributed by atoms with E-state index in [1.807, 2.05) is 36.4 Å². The number of hydrogen-bond donors (Lipinski definition) is 1. The normalized spacial score (nSPS) is 23.9. The number of hydrogen-bond acceptors (Lipinski definition) is 3. The highest BCUT2D eigenvalue weighted by Gasteiger charge is 2.41. The Bertz CT molecular complexity index is 692. The Hall–Kier alpha value is -1.78. The Morgan fingerprint density at radius 3 is 2.40 bits per heavy atom. The highest BCUT2D eigenvalue weighted by Crippen LogP contribution is 2.40. The molecule has 2 aromatic rings. The van der Waals surface area contributed by atoms with Crippen LogP contribution in [-0.4, -0.2) is 36.0 Å². The number of thioether (sulfide) groups is 1. The monoisotopic (exact) mass is 352 g/mol. The first kappa shape index (κ1) is 16.7. The molecular formula is C21H24N2OS. The number of nitrogens with zero attached hydrogens (tertiary/aromatic N) is 1. The molecule has 4 rings (SSSR count). The van der Waals surface area contributed by atoms with Crippen LogP contribution in [0.2, 0.25) is 0 Å². The third-order valence-corrected chi connectivity index (χ3v) is 6.49. The van der Waals surface area contributed by atoms with Crippen LogP contribution >= 0.6 is 11.8 Å². The minimum absolute atomic E-state index is 0.176. The summed E-state index contributed by atoms with van der Waals surface area (Å²) in [4.78, 5) is 16.9. The van der Waals surface area contributed by atoms with E-state index in [1.165, 1.54) is 0 Å². The van der Waals surface area contributed by atoms with Crippen molar-refractivity contribution in [2.45, 2.75) is 41.5 Å². The van der Waals surface area contributed by atoms with Crippen molar-refractivity contribution in [3.63, 3.8) is 0 Å². The molecule has 0 aliphatic carbocycles. The molecule has 2 aliphatic heterocycles. The van der Waals surface area contributed by atoms with Gasteiger partial charge in [-0.05, 0) is 43.5 Å². The van der Waals surface area contributed by atoms with Crippen LogP contribution in [0.1, 0.15) is 30.1 Å². The summed E-state index contributed by atoms with van der Waals surface area (Å²) in [7, 11) is 0. The number of nitrogens with one attached hydrogen (secondary N) is 1. The highest BCUT2D eigenvalue weighted by molar-refractivity contribution is 8.00. The van der Waals surface area contributed by atoms with Crippen LogP contribution in [0.5, 0.6) is 0 Å². The van der Waals surface area contributed by atoms with Gasteiger partial charge in [-0.3, -0.25) is 4.79 Å². The number of amides is 1. The van der Waals surface area contributed by atoms with Crippen LogP contribution in [0, 0.1) is 0 Å². The largest absolute Gasteiger partial charge is 0.334 e. The van der Waals surface area contributed by atoms with E-state index in [0.717, 1.165) is 42.8 Å². The molecule has 2 bridgehead atoms. The molecule has 2 aromatic carbocycles. The Morgan fingerprint density at radius 1 is 0.960 bits per heavy atom. The van der Waals surface area contributed by atoms with E-state index in [2.05, 4.69) is 34.5 Å². The van der Waals surface area contributed by atoms with Crippen molar-refractivity contribution in [1.29, 1.82) is 0 Å². The molecule has 2 aliphatic rings. The second-order valence-electron chi connectivity index (χ2n) is 6.84. The van der Waals surface area contributed by atoms with Gasteiger partial charge in [-0.25, -0.2) is 0 Å². The van der Waals surface area contributed by atoms with Crippen molar-refractivity contribution in [3.8, 4) is 0 Å². The Balaban J connectivity index is 1.64. The summed E-state index contributed by atoms with van der Waals surface area (Å²) < 4.78 is 0. The second kappa shape index (κ2) is 7.63. The molecule has 1 N–H and O–H groups in total. The molecule has 4 heteroatoms. The SMILES string of the molecule is O=C(C(Sc1ccccc1)c1ccccc1)N1C2CCNCC1CC2. The predicted molar refractivity (Wildman–Crippen MR) is 103 cm³/mol. The topological polar surface area (TPSA) is 32.3 Å². The maximum Gasteiger partial charge on any atom is 0.241 e. The summed E-state index contributed by atoms with van der Waals surface area (Å²) in [5.74, 6) is 0.274. The lowest BCUT2D eigenvalue weighted by molar-refractivity contribution is -0.133. The molecule has 2 fully saturated rings. The molecule has 3 nitrogen and oxygen atoms in total. The van der Waals surface area contributed by atoms with Crippen molar-refractivity contribution in [2.24, 2.45) is 0 Å². The van der Waals surface area contributed by atoms with Gasteiger partial charge in [-0.1, -0.05) is 48.5 Å². The minimum atomic E-state index is -0.176. The first-order chi connectivity index (χ1) is 12.3. The standard InChI is InChI=1S/C21H24N2OS/c24-21(23-17-11-12-18(23)15-22-14-13-17)20(16-7-3-1-4-8-16)25-19-9-5-2-6-10-19/h1-10,17-18,20,22H,11-15H2. The number of benzene rings is 2. The maximum atomic E-state index is 13.6. The Morgan fingerprint density at radius 2 is 1.64 bits per heavy atom. The van der Waals surface area contributed by atoms with Gasteiger partial charge < -0.3 is 10.2 Å². The molecule has 0 aromatic heterocycles. The quantitative estimate of drug-likeness (QED) is 0.848. The van der Waals surface area contributed by atoms with Gasteiger partial charge in [-0.15, -0.1) is 11.8 Å². The third kappa shape index (κ3) is 3.60. The summed E-state index contributed by atoms with van der Waals surface area (Å²) in [5.41, 5.74) is 1.10. The fourth-order valence-electron chi connectivity index (χ4n) is 4.00. The molecule has 130 valence electrons. The lowest BCUT2D eigenvalue weighted by Gasteiger charge is -2.31. The third-order valence-electron chi connectivity index (χ3n) is 5.23. The maximum absolute atomic E-state index is 13.6. The number of fused-ring (bicyclic) bond motifs is 2. The average Bonchev–Trinajstić information content (AvgIpc) is 2.93. The molecule has 2 heterocycles. The second-order valence-corrected chi connectivity index (χ2v) is 8.02. The summed E-state index contributed by atoms with van der Waals surface area (Å²) in [6.07, 6.45) is 3.34. The molecule has 25 heavy (non-hydrogen) atoms. The summed E-state index contributed by atoms with van der Waals surface area (Å²) in [6.45, 7) is 1.95. The summed E-state index contributed by atoms with van der Waals surface area (Å²) in [5, 5.41) is 3.32. The summed E-state index contributed by atoms with van der Waals surface area (Å²) >= 11 is 1.67. The average molecular weight is 353 g/mol. The van der Waals surface area contributed by atoms with Crippen molar-refractivity contribution in [3.05, 3.63) is 66.2 Å². The van der Waals surface area contributed by atoms with Crippen LogP contribution < -0.4 is 5.32 Å². The molecule has 0 spiro atoms. The van der Waals surface area contributed by atoms with Gasteiger partial charge in [0.2, 0.25) is 5.91 Å². The fourth-order valence-corrected chi connectivity index (χ4v) is 5.10. The van der Waals surface area contributed by atoms with Gasteiger partial charge in [-0.2, -0.15) is 0 Å². The minimum Gasteiger partial charge on any atom is -0.334 e. The zero-order valence-corrected chi connectivity index (χ0v) is 15.1. The van der Waals surface area contributed by atoms with Crippen molar-refractivity contribution in [2.75, 3.05) is 13.1 Å². The fraction of sp³-hybridized carbons (Fsp3) is 0.381. The first-order valence-electron chi connectivity index (χ1n) is 9.12. The van der Waals surface area contributed by atoms with Gasteiger partial charge >= 0.3 is 0 Å². The number of carbonyl (C=O) groups excluding carboxylic acids is 1. The van der Waals surface area contributed by atoms with Crippen LogP contribution in [0.25, 0.3) is 0 Å². The molecule has 2 saturated heterocycles. The lowest BCUT2D eigenvalue weighted by atomic mass is 10.1. The van der Waals surface area contributed by atoms with Gasteiger partial charge in [0, 0.05) is 23.5 Å². The van der Waals surface area contributed by atoms with E-state index in [4.69, 9.17) is 0 Å². The molecule has 3 atom stereocenters. The Kier molecular flexibility index (Phi) is 5.09. The van der Waals surface area contributed by atoms with Gasteiger partial charge in [0.1, 0.15) is 5.25 Å². The lowest BCUT2D eigenvalue weighted by Crippen LogP contribution is -2.44. The predicted octanol–water partition coefficient (Wildman–Crippen LogP) is 3.87. The van der Waals surface area contributed by atoms with Crippen molar-refractivity contribution >= 4 is 17.7 Å². The van der Waals surface area contributed by atoms with E-state index in [-0.39, 0.29) is 11.2 Å². The van der Waals surface area contributed by atoms with Crippen LogP contribution in [0.3, 0.4) is 0 Å². The van der Waals surface area contributed by atoms with E-state index < -0.39 is 0 Å². The van der Waals surface area contributed by atoms with Crippen LogP contribution in [-0.2, 0) is 4.79 Å². The van der Waals surface area contributed by atoms with E-state index in [9.17, 15) is 4.79 Å². The van der Waals surface area contributed by atoms with Crippen LogP contribution in [0.4, 0.5) is 0 Å². The highest BCUT2D eigenvalue weighted by atomic mass is 32.2. The van der Waals surface area contributed by atoms with E-state index in [1.54, 1.807) is 11.8 Å². The number of carbonyl (C=O) groups is 1. The molecule has 0 radical (unpaired) electrons. The van der Waals surface area contributed by atoms with Crippen molar-refractivity contribution in [1.82, 2.24) is 10.2 Å². The van der Waals surface area contributed by atoms with E-state index in [0.29, 0.717) is 12.1 Å². The molecular weight excluding hydrogens is 328 g/mol. The molecule has 0 saturated carbocycles. The number of rotatable bonds is 4. The zero-order chi connectivity index (χ0) is 17.1. The smallest absolute Gasteiger partial charge is 0.241 e. The molecule has 3 unspecified atom stereocenters. The Labute approximate surface area is 153 Å². The van der Waals surface area contributed by atoms with Gasteiger partial charge in [0.15, 0.2) is 0 Å².